The Morgan fingerprint density at radius 1 is 1.28 bits per heavy atom. The van der Waals surface area contributed by atoms with Crippen molar-refractivity contribution in [3.8, 4) is 0 Å². The van der Waals surface area contributed by atoms with Gasteiger partial charge in [0.1, 0.15) is 6.54 Å². The van der Waals surface area contributed by atoms with Gasteiger partial charge in [0.2, 0.25) is 5.91 Å². The fourth-order valence-corrected chi connectivity index (χ4v) is 3.47. The number of guanidine groups is 1. The molecule has 2 aromatic rings. The van der Waals surface area contributed by atoms with E-state index in [1.165, 1.54) is 5.56 Å². The molecular formula is C20H30IN7O. The number of anilines is 1. The molecule has 0 aliphatic carbocycles. The van der Waals surface area contributed by atoms with Crippen molar-refractivity contribution in [2.45, 2.75) is 6.04 Å². The summed E-state index contributed by atoms with van der Waals surface area (Å²) in [6, 6.07) is 10.6. The number of aliphatic imine (C=N–C) groups is 1. The summed E-state index contributed by atoms with van der Waals surface area (Å²) < 4.78 is 1.71. The van der Waals surface area contributed by atoms with Gasteiger partial charge in [-0.15, -0.1) is 24.0 Å². The second-order valence-corrected chi connectivity index (χ2v) is 7.16. The van der Waals surface area contributed by atoms with Crippen LogP contribution in [0.1, 0.15) is 11.6 Å². The van der Waals surface area contributed by atoms with Crippen molar-refractivity contribution in [3.63, 3.8) is 0 Å². The number of halogens is 1. The summed E-state index contributed by atoms with van der Waals surface area (Å²) in [5, 5.41) is 7.60. The molecule has 1 aromatic heterocycles. The first-order valence-corrected chi connectivity index (χ1v) is 9.45. The lowest BCUT2D eigenvalue weighted by molar-refractivity contribution is -0.120. The van der Waals surface area contributed by atoms with Crippen LogP contribution in [0.2, 0.25) is 0 Å². The van der Waals surface area contributed by atoms with Crippen molar-refractivity contribution < 1.29 is 4.79 Å². The minimum Gasteiger partial charge on any atom is -0.354 e. The van der Waals surface area contributed by atoms with Crippen LogP contribution in [0.5, 0.6) is 0 Å². The molecule has 1 N–H and O–H groups in total. The van der Waals surface area contributed by atoms with Crippen molar-refractivity contribution in [3.05, 3.63) is 48.3 Å². The van der Waals surface area contributed by atoms with E-state index in [1.54, 1.807) is 22.8 Å². The molecule has 0 saturated carbocycles. The molecule has 1 unspecified atom stereocenters. The van der Waals surface area contributed by atoms with Crippen molar-refractivity contribution in [1.82, 2.24) is 24.9 Å². The number of rotatable bonds is 5. The third-order valence-electron chi connectivity index (χ3n) is 5.00. The van der Waals surface area contributed by atoms with Gasteiger partial charge in [0.05, 0.1) is 17.9 Å². The van der Waals surface area contributed by atoms with Crippen LogP contribution in [0.15, 0.2) is 47.7 Å². The first-order chi connectivity index (χ1) is 13.5. The van der Waals surface area contributed by atoms with Crippen molar-refractivity contribution in [2.75, 3.05) is 52.2 Å². The molecule has 3 rings (SSSR count). The van der Waals surface area contributed by atoms with E-state index in [4.69, 9.17) is 0 Å². The zero-order valence-electron chi connectivity index (χ0n) is 17.4. The fourth-order valence-electron chi connectivity index (χ4n) is 3.47. The number of hydrogen-bond donors (Lipinski definition) is 1. The number of nitrogens with one attached hydrogen (secondary N) is 1. The monoisotopic (exact) mass is 511 g/mol. The topological polar surface area (TPSA) is 69.0 Å². The van der Waals surface area contributed by atoms with Gasteiger partial charge in [-0.3, -0.25) is 14.5 Å². The quantitative estimate of drug-likeness (QED) is 0.375. The van der Waals surface area contributed by atoms with E-state index in [-0.39, 0.29) is 35.9 Å². The highest BCUT2D eigenvalue weighted by Crippen LogP contribution is 2.18. The van der Waals surface area contributed by atoms with Gasteiger partial charge in [-0.05, 0) is 19.7 Å². The highest BCUT2D eigenvalue weighted by atomic mass is 127. The normalized spacial score (nSPS) is 16.0. The van der Waals surface area contributed by atoms with E-state index in [1.807, 2.05) is 24.2 Å². The Morgan fingerprint density at radius 2 is 2.00 bits per heavy atom. The van der Waals surface area contributed by atoms with Crippen LogP contribution in [0, 0.1) is 0 Å². The lowest BCUT2D eigenvalue weighted by atomic mass is 10.1. The lowest BCUT2D eigenvalue weighted by Crippen LogP contribution is -2.56. The van der Waals surface area contributed by atoms with Crippen molar-refractivity contribution in [1.29, 1.82) is 0 Å². The molecule has 1 saturated heterocycles. The van der Waals surface area contributed by atoms with Gasteiger partial charge in [-0.25, -0.2) is 0 Å². The van der Waals surface area contributed by atoms with Gasteiger partial charge in [-0.1, -0.05) is 30.3 Å². The summed E-state index contributed by atoms with van der Waals surface area (Å²) >= 11 is 0. The summed E-state index contributed by atoms with van der Waals surface area (Å²) in [6.07, 6.45) is 3.59. The molecule has 0 radical (unpaired) electrons. The van der Waals surface area contributed by atoms with E-state index in [2.05, 4.69) is 58.7 Å². The number of carbonyl (C=O) groups excluding carboxylic acids is 1. The predicted molar refractivity (Wildman–Crippen MR) is 127 cm³/mol. The Balaban J connectivity index is 0.00000300. The Labute approximate surface area is 189 Å². The highest BCUT2D eigenvalue weighted by molar-refractivity contribution is 14.0. The number of carbonyl (C=O) groups is 1. The van der Waals surface area contributed by atoms with Crippen molar-refractivity contribution >= 4 is 41.5 Å². The zero-order valence-corrected chi connectivity index (χ0v) is 19.8. The number of piperazine rings is 1. The van der Waals surface area contributed by atoms with Crippen molar-refractivity contribution in [2.24, 2.45) is 12.0 Å². The first-order valence-electron chi connectivity index (χ1n) is 9.45. The highest BCUT2D eigenvalue weighted by Gasteiger charge is 2.28. The van der Waals surface area contributed by atoms with Crippen LogP contribution >= 0.6 is 24.0 Å². The largest absolute Gasteiger partial charge is 0.354 e. The van der Waals surface area contributed by atoms with E-state index in [0.717, 1.165) is 18.2 Å². The van der Waals surface area contributed by atoms with Gasteiger partial charge in [0.25, 0.3) is 0 Å². The Bertz CT molecular complexity index is 821. The maximum atomic E-state index is 12.7. The Kier molecular flexibility index (Phi) is 8.45. The fraction of sp³-hybridized carbons (Fsp3) is 0.450. The SMILES string of the molecule is CN=C(NCC(c1ccccc1)N(C)C)N1CCN(c2cnn(C)c2)C(=O)C1.I. The molecule has 2 heterocycles. The number of aromatic nitrogens is 2. The Morgan fingerprint density at radius 3 is 2.55 bits per heavy atom. The molecule has 1 fully saturated rings. The molecule has 1 aliphatic heterocycles. The molecule has 0 bridgehead atoms. The maximum absolute atomic E-state index is 12.7. The van der Waals surface area contributed by atoms with Crippen LogP contribution in [0.4, 0.5) is 5.69 Å². The smallest absolute Gasteiger partial charge is 0.246 e. The van der Waals surface area contributed by atoms with Crippen LogP contribution in [0.25, 0.3) is 0 Å². The average Bonchev–Trinajstić information content (AvgIpc) is 3.11. The van der Waals surface area contributed by atoms with Gasteiger partial charge < -0.3 is 20.0 Å². The second kappa shape index (κ2) is 10.6. The van der Waals surface area contributed by atoms with E-state index in [0.29, 0.717) is 19.6 Å². The predicted octanol–water partition coefficient (Wildman–Crippen LogP) is 1.56. The van der Waals surface area contributed by atoms with Gasteiger partial charge in [0, 0.05) is 39.9 Å². The average molecular weight is 511 g/mol. The number of likely N-dealkylation sites (N-methyl/N-ethyl adjacent to an activating group) is 1. The Hall–Kier alpha value is -2.14. The van der Waals surface area contributed by atoms with Crippen LogP contribution < -0.4 is 10.2 Å². The number of amides is 1. The minimum atomic E-state index is 0. The summed E-state index contributed by atoms with van der Waals surface area (Å²) in [5.74, 6) is 0.802. The van der Waals surface area contributed by atoms with E-state index >= 15 is 0 Å². The van der Waals surface area contributed by atoms with Gasteiger partial charge >= 0.3 is 0 Å². The molecule has 29 heavy (non-hydrogen) atoms. The molecule has 158 valence electrons. The number of hydrogen-bond acceptors (Lipinski definition) is 4. The van der Waals surface area contributed by atoms with E-state index < -0.39 is 0 Å². The third kappa shape index (κ3) is 5.69. The summed E-state index contributed by atoms with van der Waals surface area (Å²) in [4.78, 5) is 23.0. The lowest BCUT2D eigenvalue weighted by Gasteiger charge is -2.36. The van der Waals surface area contributed by atoms with Gasteiger partial charge in [-0.2, -0.15) is 5.10 Å². The zero-order chi connectivity index (χ0) is 20.1. The first kappa shape index (κ1) is 23.1. The molecule has 1 aliphatic rings. The summed E-state index contributed by atoms with van der Waals surface area (Å²) in [6.45, 7) is 2.34. The van der Waals surface area contributed by atoms with Crippen LogP contribution in [-0.4, -0.2) is 78.8 Å². The standard InChI is InChI=1S/C20H29N7O.HI/c1-21-20(22-13-18(24(2)3)16-8-6-5-7-9-16)26-10-11-27(19(28)15-26)17-12-23-25(4)14-17;/h5-9,12,14,18H,10-11,13,15H2,1-4H3,(H,21,22);1H. The number of nitrogens with zero attached hydrogens (tertiary/aromatic N) is 6. The minimum absolute atomic E-state index is 0. The second-order valence-electron chi connectivity index (χ2n) is 7.16. The molecule has 1 aromatic carbocycles. The molecule has 1 amide bonds. The maximum Gasteiger partial charge on any atom is 0.246 e. The van der Waals surface area contributed by atoms with Crippen LogP contribution in [-0.2, 0) is 11.8 Å². The van der Waals surface area contributed by atoms with Gasteiger partial charge in [0.15, 0.2) is 5.96 Å². The third-order valence-corrected chi connectivity index (χ3v) is 5.00. The number of aryl methyl sites for hydroxylation is 1. The molecule has 8 nitrogen and oxygen atoms in total. The molecule has 0 spiro atoms. The molecule has 1 atom stereocenters. The molecular weight excluding hydrogens is 481 g/mol. The summed E-state index contributed by atoms with van der Waals surface area (Å²) in [7, 11) is 7.74. The van der Waals surface area contributed by atoms with Crippen LogP contribution in [0.3, 0.4) is 0 Å². The molecule has 9 heteroatoms. The van der Waals surface area contributed by atoms with E-state index in [9.17, 15) is 4.79 Å². The summed E-state index contributed by atoms with van der Waals surface area (Å²) in [5.41, 5.74) is 2.08. The number of benzene rings is 1.